The maximum Gasteiger partial charge on any atom is 0.328 e. The van der Waals surface area contributed by atoms with Gasteiger partial charge in [0.15, 0.2) is 0 Å². The standard InChI is InChI=1S/C25H28N2O6/c1-32-24(30)20(26-22(28)18-12-6-3-7-13-18)16-10-5-11-17-21(25(31)33-2)27-23(29)19-14-8-4-9-15-19/h3-10,12-15,20-21H,11,16-17H2,1-2H3,(H,26,28)(H,27,29). The number of methoxy groups -OCH3 is 2. The number of benzene rings is 2. The highest BCUT2D eigenvalue weighted by atomic mass is 16.5. The average molecular weight is 453 g/mol. The number of carbonyl (C=O) groups is 4. The number of carbonyl (C=O) groups excluding carboxylic acids is 4. The molecule has 33 heavy (non-hydrogen) atoms. The van der Waals surface area contributed by atoms with Gasteiger partial charge in [-0.25, -0.2) is 9.59 Å². The van der Waals surface area contributed by atoms with Crippen LogP contribution in [-0.2, 0) is 19.1 Å². The molecule has 0 saturated heterocycles. The maximum absolute atomic E-state index is 12.4. The molecule has 2 aromatic carbocycles. The molecule has 0 saturated carbocycles. The SMILES string of the molecule is COC(=O)C(CC=CCCC(NC(=O)c1ccccc1)C(=O)OC)NC(=O)c1ccccc1. The van der Waals surface area contributed by atoms with E-state index in [1.54, 1.807) is 72.8 Å². The van der Waals surface area contributed by atoms with Crippen LogP contribution in [0, 0.1) is 0 Å². The Kier molecular flexibility index (Phi) is 10.3. The molecule has 2 unspecified atom stereocenters. The van der Waals surface area contributed by atoms with E-state index in [4.69, 9.17) is 9.47 Å². The summed E-state index contributed by atoms with van der Waals surface area (Å²) >= 11 is 0. The van der Waals surface area contributed by atoms with Crippen molar-refractivity contribution in [2.24, 2.45) is 0 Å². The number of allylic oxidation sites excluding steroid dienone is 1. The second-order valence-corrected chi connectivity index (χ2v) is 7.11. The number of nitrogens with one attached hydrogen (secondary N) is 2. The molecule has 0 aliphatic carbocycles. The van der Waals surface area contributed by atoms with Gasteiger partial charge in [-0.05, 0) is 43.5 Å². The first-order valence-electron chi connectivity index (χ1n) is 10.5. The highest BCUT2D eigenvalue weighted by molar-refractivity contribution is 5.97. The highest BCUT2D eigenvalue weighted by Gasteiger charge is 2.22. The Morgan fingerprint density at radius 1 is 0.727 bits per heavy atom. The molecule has 2 rings (SSSR count). The molecular formula is C25H28N2O6. The van der Waals surface area contributed by atoms with Crippen LogP contribution < -0.4 is 10.6 Å². The molecule has 0 aliphatic rings. The van der Waals surface area contributed by atoms with Crippen molar-refractivity contribution in [1.29, 1.82) is 0 Å². The van der Waals surface area contributed by atoms with Crippen molar-refractivity contribution in [2.75, 3.05) is 14.2 Å². The van der Waals surface area contributed by atoms with Crippen LogP contribution in [0.5, 0.6) is 0 Å². The minimum absolute atomic E-state index is 0.213. The monoisotopic (exact) mass is 452 g/mol. The van der Waals surface area contributed by atoms with Crippen molar-refractivity contribution in [3.8, 4) is 0 Å². The van der Waals surface area contributed by atoms with E-state index in [9.17, 15) is 19.2 Å². The number of ether oxygens (including phenoxy) is 2. The van der Waals surface area contributed by atoms with Crippen LogP contribution in [0.25, 0.3) is 0 Å². The van der Waals surface area contributed by atoms with Gasteiger partial charge in [-0.2, -0.15) is 0 Å². The second-order valence-electron chi connectivity index (χ2n) is 7.11. The Balaban J connectivity index is 1.91. The summed E-state index contributed by atoms with van der Waals surface area (Å²) in [6, 6.07) is 15.5. The molecular weight excluding hydrogens is 424 g/mol. The van der Waals surface area contributed by atoms with Crippen LogP contribution in [0.3, 0.4) is 0 Å². The van der Waals surface area contributed by atoms with Crippen molar-refractivity contribution in [3.63, 3.8) is 0 Å². The first kappa shape index (κ1) is 25.3. The minimum atomic E-state index is -0.854. The lowest BCUT2D eigenvalue weighted by Gasteiger charge is -2.16. The van der Waals surface area contributed by atoms with E-state index in [1.165, 1.54) is 14.2 Å². The highest BCUT2D eigenvalue weighted by Crippen LogP contribution is 2.07. The average Bonchev–Trinajstić information content (AvgIpc) is 2.86. The summed E-state index contributed by atoms with van der Waals surface area (Å²) in [6.45, 7) is 0. The quantitative estimate of drug-likeness (QED) is 0.401. The molecule has 2 aromatic rings. The predicted octanol–water partition coefficient (Wildman–Crippen LogP) is 2.66. The number of hydrogen-bond donors (Lipinski definition) is 2. The zero-order chi connectivity index (χ0) is 24.1. The molecule has 0 fully saturated rings. The van der Waals surface area contributed by atoms with E-state index >= 15 is 0 Å². The number of amides is 2. The van der Waals surface area contributed by atoms with E-state index in [0.717, 1.165) is 0 Å². The van der Waals surface area contributed by atoms with Gasteiger partial charge in [-0.15, -0.1) is 0 Å². The topological polar surface area (TPSA) is 111 Å². The van der Waals surface area contributed by atoms with Crippen molar-refractivity contribution in [2.45, 2.75) is 31.3 Å². The van der Waals surface area contributed by atoms with Crippen molar-refractivity contribution in [1.82, 2.24) is 10.6 Å². The van der Waals surface area contributed by atoms with Crippen LogP contribution in [0.2, 0.25) is 0 Å². The van der Waals surface area contributed by atoms with Crippen molar-refractivity contribution >= 4 is 23.8 Å². The Morgan fingerprint density at radius 3 is 1.67 bits per heavy atom. The lowest BCUT2D eigenvalue weighted by Crippen LogP contribution is -2.41. The number of rotatable bonds is 11. The fraction of sp³-hybridized carbons (Fsp3) is 0.280. The zero-order valence-electron chi connectivity index (χ0n) is 18.7. The molecule has 8 nitrogen and oxygen atoms in total. The van der Waals surface area contributed by atoms with E-state index in [1.807, 2.05) is 0 Å². The summed E-state index contributed by atoms with van der Waals surface area (Å²) in [5.74, 6) is -1.86. The van der Waals surface area contributed by atoms with Gasteiger partial charge < -0.3 is 20.1 Å². The van der Waals surface area contributed by atoms with E-state index in [2.05, 4.69) is 10.6 Å². The molecule has 174 valence electrons. The van der Waals surface area contributed by atoms with E-state index in [0.29, 0.717) is 24.0 Å². The lowest BCUT2D eigenvalue weighted by atomic mass is 10.1. The van der Waals surface area contributed by atoms with Gasteiger partial charge >= 0.3 is 11.9 Å². The molecule has 0 aromatic heterocycles. The third kappa shape index (κ3) is 8.25. The fourth-order valence-electron chi connectivity index (χ4n) is 3.02. The lowest BCUT2D eigenvalue weighted by molar-refractivity contribution is -0.143. The predicted molar refractivity (Wildman–Crippen MR) is 122 cm³/mol. The molecule has 2 N–H and O–H groups in total. The molecule has 0 aliphatic heterocycles. The molecule has 0 heterocycles. The van der Waals surface area contributed by atoms with Crippen LogP contribution in [0.1, 0.15) is 40.0 Å². The van der Waals surface area contributed by atoms with Gasteiger partial charge in [0, 0.05) is 11.1 Å². The minimum Gasteiger partial charge on any atom is -0.467 e. The fourth-order valence-corrected chi connectivity index (χ4v) is 3.02. The Bertz CT molecular complexity index is 959. The van der Waals surface area contributed by atoms with Crippen molar-refractivity contribution < 1.29 is 28.7 Å². The van der Waals surface area contributed by atoms with Crippen LogP contribution in [0.4, 0.5) is 0 Å². The zero-order valence-corrected chi connectivity index (χ0v) is 18.7. The van der Waals surface area contributed by atoms with E-state index in [-0.39, 0.29) is 18.2 Å². The van der Waals surface area contributed by atoms with Gasteiger partial charge in [0.1, 0.15) is 12.1 Å². The summed E-state index contributed by atoms with van der Waals surface area (Å²) in [7, 11) is 2.51. The molecule has 0 bridgehead atoms. The van der Waals surface area contributed by atoms with E-state index < -0.39 is 24.0 Å². The molecule has 2 amide bonds. The molecule has 8 heteroatoms. The summed E-state index contributed by atoms with van der Waals surface area (Å²) < 4.78 is 9.57. The summed E-state index contributed by atoms with van der Waals surface area (Å²) in [5, 5.41) is 5.34. The van der Waals surface area contributed by atoms with Gasteiger partial charge in [-0.1, -0.05) is 48.6 Å². The third-order valence-corrected chi connectivity index (χ3v) is 4.81. The molecule has 2 atom stereocenters. The summed E-state index contributed by atoms with van der Waals surface area (Å²) in [4.78, 5) is 48.8. The second kappa shape index (κ2) is 13.5. The van der Waals surface area contributed by atoms with Crippen LogP contribution in [0.15, 0.2) is 72.8 Å². The third-order valence-electron chi connectivity index (χ3n) is 4.81. The van der Waals surface area contributed by atoms with Crippen LogP contribution >= 0.6 is 0 Å². The van der Waals surface area contributed by atoms with Crippen molar-refractivity contribution in [3.05, 3.63) is 83.9 Å². The van der Waals surface area contributed by atoms with Crippen LogP contribution in [-0.4, -0.2) is 50.1 Å². The Labute approximate surface area is 193 Å². The molecule has 0 spiro atoms. The van der Waals surface area contributed by atoms with Gasteiger partial charge in [0.05, 0.1) is 14.2 Å². The van der Waals surface area contributed by atoms with Gasteiger partial charge in [0.2, 0.25) is 0 Å². The van der Waals surface area contributed by atoms with Gasteiger partial charge in [0.25, 0.3) is 11.8 Å². The summed E-state index contributed by atoms with van der Waals surface area (Å²) in [5.41, 5.74) is 0.877. The Morgan fingerprint density at radius 2 is 1.18 bits per heavy atom. The smallest absolute Gasteiger partial charge is 0.328 e. The van der Waals surface area contributed by atoms with Gasteiger partial charge in [-0.3, -0.25) is 9.59 Å². The summed E-state index contributed by atoms with van der Waals surface area (Å²) in [6.07, 6.45) is 4.45. The number of hydrogen-bond acceptors (Lipinski definition) is 6. The first-order valence-corrected chi connectivity index (χ1v) is 10.5. The normalized spacial score (nSPS) is 12.4. The Hall–Kier alpha value is -3.94. The maximum atomic E-state index is 12.4. The number of esters is 2. The molecule has 0 radical (unpaired) electrons. The largest absolute Gasteiger partial charge is 0.467 e. The first-order chi connectivity index (χ1) is 16.0.